The van der Waals surface area contributed by atoms with Crippen LogP contribution in [-0.4, -0.2) is 11.1 Å². The van der Waals surface area contributed by atoms with Gasteiger partial charge in [0, 0.05) is 5.69 Å². The van der Waals surface area contributed by atoms with Gasteiger partial charge in [-0.25, -0.2) is 0 Å². The zero-order chi connectivity index (χ0) is 12.3. The van der Waals surface area contributed by atoms with Crippen LogP contribution in [0.5, 0.6) is 0 Å². The van der Waals surface area contributed by atoms with Crippen LogP contribution in [0.1, 0.15) is 28.6 Å². The molecule has 0 aliphatic carbocycles. The molecule has 0 bridgehead atoms. The van der Waals surface area contributed by atoms with E-state index >= 15 is 0 Å². The third-order valence-electron chi connectivity index (χ3n) is 2.59. The lowest BCUT2D eigenvalue weighted by atomic mass is 10.1. The van der Waals surface area contributed by atoms with Gasteiger partial charge in [0.05, 0.1) is 6.20 Å². The number of carbonyl (C=O) groups is 1. The van der Waals surface area contributed by atoms with Crippen LogP contribution >= 0.6 is 0 Å². The predicted octanol–water partition coefficient (Wildman–Crippen LogP) is 2.80. The Bertz CT molecular complexity index is 532. The van der Waals surface area contributed by atoms with Gasteiger partial charge >= 0.3 is 0 Å². The number of aryl methyl sites for hydroxylation is 2. The first-order valence-corrected chi connectivity index (χ1v) is 5.52. The predicted molar refractivity (Wildman–Crippen MR) is 65.0 cm³/mol. The van der Waals surface area contributed by atoms with Crippen LogP contribution in [0.15, 0.2) is 35.0 Å². The van der Waals surface area contributed by atoms with Crippen molar-refractivity contribution in [3.8, 4) is 0 Å². The highest BCUT2D eigenvalue weighted by atomic mass is 16.5. The Morgan fingerprint density at radius 3 is 2.94 bits per heavy atom. The fourth-order valence-corrected chi connectivity index (χ4v) is 1.58. The second kappa shape index (κ2) is 4.82. The van der Waals surface area contributed by atoms with Crippen LogP contribution in [0, 0.1) is 6.92 Å². The van der Waals surface area contributed by atoms with E-state index in [1.807, 2.05) is 24.3 Å². The first-order chi connectivity index (χ1) is 8.20. The van der Waals surface area contributed by atoms with Gasteiger partial charge in [-0.3, -0.25) is 4.79 Å². The molecule has 0 aliphatic rings. The Hall–Kier alpha value is -2.10. The van der Waals surface area contributed by atoms with Crippen LogP contribution in [0.25, 0.3) is 0 Å². The number of hydrogen-bond acceptors (Lipinski definition) is 3. The first-order valence-electron chi connectivity index (χ1n) is 5.52. The average Bonchev–Trinajstić information content (AvgIpc) is 2.76. The Labute approximate surface area is 99.6 Å². The summed E-state index contributed by atoms with van der Waals surface area (Å²) in [5.41, 5.74) is 2.44. The van der Waals surface area contributed by atoms with Gasteiger partial charge in [-0.05, 0) is 31.0 Å². The average molecular weight is 230 g/mol. The Kier molecular flexibility index (Phi) is 3.23. The van der Waals surface area contributed by atoms with Gasteiger partial charge in [0.1, 0.15) is 11.3 Å². The Balaban J connectivity index is 2.16. The molecule has 1 amide bonds. The molecular weight excluding hydrogens is 216 g/mol. The van der Waals surface area contributed by atoms with Crippen molar-refractivity contribution < 1.29 is 9.32 Å². The molecule has 0 aliphatic heterocycles. The molecule has 1 aromatic carbocycles. The van der Waals surface area contributed by atoms with Gasteiger partial charge in [-0.1, -0.05) is 24.2 Å². The molecule has 0 unspecified atom stereocenters. The molecule has 17 heavy (non-hydrogen) atoms. The van der Waals surface area contributed by atoms with Gasteiger partial charge in [-0.2, -0.15) is 0 Å². The lowest BCUT2D eigenvalue weighted by Crippen LogP contribution is -2.12. The highest BCUT2D eigenvalue weighted by Crippen LogP contribution is 2.14. The number of nitrogens with zero attached hydrogens (tertiary/aromatic N) is 1. The van der Waals surface area contributed by atoms with E-state index in [1.165, 1.54) is 11.8 Å². The Morgan fingerprint density at radius 2 is 2.29 bits per heavy atom. The van der Waals surface area contributed by atoms with E-state index in [4.69, 9.17) is 4.52 Å². The minimum absolute atomic E-state index is 0.197. The number of nitrogens with one attached hydrogen (secondary N) is 1. The lowest BCUT2D eigenvalue weighted by molar-refractivity contribution is 0.102. The number of benzene rings is 1. The van der Waals surface area contributed by atoms with Crippen LogP contribution in [-0.2, 0) is 6.42 Å². The molecule has 0 fully saturated rings. The molecule has 0 radical (unpaired) electrons. The van der Waals surface area contributed by atoms with E-state index in [-0.39, 0.29) is 5.91 Å². The summed E-state index contributed by atoms with van der Waals surface area (Å²) < 4.78 is 4.86. The zero-order valence-electron chi connectivity index (χ0n) is 9.86. The molecule has 4 nitrogen and oxygen atoms in total. The SMILES string of the molecule is CCc1cccc(NC(=O)c2cnoc2C)c1. The summed E-state index contributed by atoms with van der Waals surface area (Å²) in [6, 6.07) is 7.77. The number of hydrogen-bond donors (Lipinski definition) is 1. The maximum atomic E-state index is 11.9. The number of anilines is 1. The third-order valence-corrected chi connectivity index (χ3v) is 2.59. The van der Waals surface area contributed by atoms with Crippen molar-refractivity contribution in [2.45, 2.75) is 20.3 Å². The van der Waals surface area contributed by atoms with Crippen molar-refractivity contribution in [3.05, 3.63) is 47.3 Å². The van der Waals surface area contributed by atoms with Crippen molar-refractivity contribution in [1.82, 2.24) is 5.16 Å². The highest BCUT2D eigenvalue weighted by molar-refractivity contribution is 6.04. The van der Waals surface area contributed by atoms with Crippen molar-refractivity contribution in [1.29, 1.82) is 0 Å². The third kappa shape index (κ3) is 2.53. The summed E-state index contributed by atoms with van der Waals surface area (Å²) in [5, 5.41) is 6.40. The minimum atomic E-state index is -0.197. The summed E-state index contributed by atoms with van der Waals surface area (Å²) in [4.78, 5) is 11.9. The molecule has 0 saturated heterocycles. The maximum Gasteiger partial charge on any atom is 0.260 e. The summed E-state index contributed by atoms with van der Waals surface area (Å²) in [7, 11) is 0. The fourth-order valence-electron chi connectivity index (χ4n) is 1.58. The lowest BCUT2D eigenvalue weighted by Gasteiger charge is -2.05. The molecule has 1 aromatic heterocycles. The second-order valence-electron chi connectivity index (χ2n) is 3.80. The molecule has 2 aromatic rings. The monoisotopic (exact) mass is 230 g/mol. The molecule has 0 saturated carbocycles. The number of aromatic nitrogens is 1. The minimum Gasteiger partial charge on any atom is -0.361 e. The van der Waals surface area contributed by atoms with Crippen molar-refractivity contribution in [3.63, 3.8) is 0 Å². The summed E-state index contributed by atoms with van der Waals surface area (Å²) in [5.74, 6) is 0.325. The number of carbonyl (C=O) groups excluding carboxylic acids is 1. The van der Waals surface area contributed by atoms with E-state index < -0.39 is 0 Å². The van der Waals surface area contributed by atoms with Crippen LogP contribution in [0.2, 0.25) is 0 Å². The zero-order valence-corrected chi connectivity index (χ0v) is 9.86. The van der Waals surface area contributed by atoms with E-state index in [9.17, 15) is 4.79 Å². The quantitative estimate of drug-likeness (QED) is 0.882. The normalized spacial score (nSPS) is 10.2. The largest absolute Gasteiger partial charge is 0.361 e. The molecule has 1 N–H and O–H groups in total. The number of amides is 1. The van der Waals surface area contributed by atoms with Gasteiger partial charge in [-0.15, -0.1) is 0 Å². The molecule has 4 heteroatoms. The van der Waals surface area contributed by atoms with Gasteiger partial charge in [0.15, 0.2) is 0 Å². The molecule has 0 spiro atoms. The van der Waals surface area contributed by atoms with Crippen LogP contribution in [0.3, 0.4) is 0 Å². The first kappa shape index (κ1) is 11.4. The van der Waals surface area contributed by atoms with Gasteiger partial charge in [0.2, 0.25) is 0 Å². The summed E-state index contributed by atoms with van der Waals surface area (Å²) in [6.07, 6.45) is 2.37. The Morgan fingerprint density at radius 1 is 1.47 bits per heavy atom. The maximum absolute atomic E-state index is 11.9. The molecule has 88 valence electrons. The van der Waals surface area contributed by atoms with Crippen molar-refractivity contribution in [2.75, 3.05) is 5.32 Å². The van der Waals surface area contributed by atoms with Gasteiger partial charge < -0.3 is 9.84 Å². The van der Waals surface area contributed by atoms with Crippen LogP contribution in [0.4, 0.5) is 5.69 Å². The molecule has 1 heterocycles. The topological polar surface area (TPSA) is 55.1 Å². The van der Waals surface area contributed by atoms with E-state index in [1.54, 1.807) is 6.92 Å². The fraction of sp³-hybridized carbons (Fsp3) is 0.231. The van der Waals surface area contributed by atoms with Crippen molar-refractivity contribution in [2.24, 2.45) is 0 Å². The van der Waals surface area contributed by atoms with Crippen molar-refractivity contribution >= 4 is 11.6 Å². The molecule has 2 rings (SSSR count). The highest BCUT2D eigenvalue weighted by Gasteiger charge is 2.12. The van der Waals surface area contributed by atoms with Crippen LogP contribution < -0.4 is 5.32 Å². The molecular formula is C13H14N2O2. The number of rotatable bonds is 3. The summed E-state index contributed by atoms with van der Waals surface area (Å²) >= 11 is 0. The standard InChI is InChI=1S/C13H14N2O2/c1-3-10-5-4-6-11(7-10)15-13(16)12-8-14-17-9(12)2/h4-8H,3H2,1-2H3,(H,15,16). The van der Waals surface area contributed by atoms with E-state index in [2.05, 4.69) is 17.4 Å². The second-order valence-corrected chi connectivity index (χ2v) is 3.80. The molecule has 0 atom stereocenters. The van der Waals surface area contributed by atoms with Gasteiger partial charge in [0.25, 0.3) is 5.91 Å². The van der Waals surface area contributed by atoms with E-state index in [0.717, 1.165) is 12.1 Å². The smallest absolute Gasteiger partial charge is 0.260 e. The van der Waals surface area contributed by atoms with E-state index in [0.29, 0.717) is 11.3 Å². The summed E-state index contributed by atoms with van der Waals surface area (Å²) in [6.45, 7) is 3.79.